The molecule has 1 aromatic carbocycles. The summed E-state index contributed by atoms with van der Waals surface area (Å²) in [4.78, 5) is 18.5. The number of rotatable bonds is 4. The van der Waals surface area contributed by atoms with Gasteiger partial charge in [0.15, 0.2) is 21.3 Å². The van der Waals surface area contributed by atoms with Gasteiger partial charge in [-0.15, -0.1) is 0 Å². The van der Waals surface area contributed by atoms with Crippen LogP contribution in [0.4, 0.5) is 0 Å². The van der Waals surface area contributed by atoms with Crippen molar-refractivity contribution in [3.63, 3.8) is 0 Å². The molecule has 2 aromatic rings. The molecule has 3 rings (SSSR count). The summed E-state index contributed by atoms with van der Waals surface area (Å²) in [5, 5.41) is 0. The lowest BCUT2D eigenvalue weighted by atomic mass is 10.1. The second-order valence-electron chi connectivity index (χ2n) is 5.95. The maximum absolute atomic E-state index is 12.6. The number of aromatic nitrogens is 1. The summed E-state index contributed by atoms with van der Waals surface area (Å²) in [5.74, 6) is 0.795. The topological polar surface area (TPSA) is 80.5 Å². The van der Waals surface area contributed by atoms with Crippen LogP contribution in [0.3, 0.4) is 0 Å². The average molecular weight is 336 g/mol. The molecule has 6 nitrogen and oxygen atoms in total. The summed E-state index contributed by atoms with van der Waals surface area (Å²) < 4.78 is 28.7. The first-order chi connectivity index (χ1) is 10.9. The minimum atomic E-state index is -3.00. The standard InChI is InChI=1S/C16H20N2O4S/c1-3-18(13-6-7-23(20,21)10-13)16(19)9-12-4-5-15-14(8-12)17-11(2)22-15/h4-5,8,13H,3,6-7,9-10H2,1-2H3. The van der Waals surface area contributed by atoms with E-state index in [9.17, 15) is 13.2 Å². The number of carbonyl (C=O) groups is 1. The number of oxazole rings is 1. The molecule has 23 heavy (non-hydrogen) atoms. The molecule has 7 heteroatoms. The van der Waals surface area contributed by atoms with Crippen molar-refractivity contribution in [3.8, 4) is 0 Å². The van der Waals surface area contributed by atoms with Gasteiger partial charge >= 0.3 is 0 Å². The number of sulfone groups is 1. The highest BCUT2D eigenvalue weighted by Crippen LogP contribution is 2.20. The third-order valence-corrected chi connectivity index (χ3v) is 5.97. The van der Waals surface area contributed by atoms with Crippen molar-refractivity contribution in [1.29, 1.82) is 0 Å². The molecular weight excluding hydrogens is 316 g/mol. The SMILES string of the molecule is CCN(C(=O)Cc1ccc2oc(C)nc2c1)C1CCS(=O)(=O)C1. The molecule has 124 valence electrons. The summed E-state index contributed by atoms with van der Waals surface area (Å²) in [6.45, 7) is 4.18. The van der Waals surface area contributed by atoms with Crippen LogP contribution in [0.2, 0.25) is 0 Å². The van der Waals surface area contributed by atoms with E-state index in [0.29, 0.717) is 24.4 Å². The Balaban J connectivity index is 1.75. The lowest BCUT2D eigenvalue weighted by Gasteiger charge is -2.27. The zero-order valence-corrected chi connectivity index (χ0v) is 14.1. The highest BCUT2D eigenvalue weighted by atomic mass is 32.2. The van der Waals surface area contributed by atoms with Gasteiger partial charge in [-0.25, -0.2) is 13.4 Å². The van der Waals surface area contributed by atoms with Crippen molar-refractivity contribution in [2.45, 2.75) is 32.7 Å². The van der Waals surface area contributed by atoms with Crippen LogP contribution in [0.5, 0.6) is 0 Å². The zero-order valence-electron chi connectivity index (χ0n) is 13.3. The Labute approximate surface area is 135 Å². The largest absolute Gasteiger partial charge is 0.441 e. The summed E-state index contributed by atoms with van der Waals surface area (Å²) in [6, 6.07) is 5.32. The van der Waals surface area contributed by atoms with Crippen LogP contribution in [0.25, 0.3) is 11.1 Å². The highest BCUT2D eigenvalue weighted by Gasteiger charge is 2.33. The van der Waals surface area contributed by atoms with E-state index in [-0.39, 0.29) is 29.9 Å². The summed E-state index contributed by atoms with van der Waals surface area (Å²) in [6.07, 6.45) is 0.773. The molecule has 1 unspecified atom stereocenters. The smallest absolute Gasteiger partial charge is 0.227 e. The van der Waals surface area contributed by atoms with Crippen LogP contribution in [0.15, 0.2) is 22.6 Å². The van der Waals surface area contributed by atoms with Crippen LogP contribution in [-0.4, -0.2) is 48.3 Å². The molecule has 1 atom stereocenters. The Morgan fingerprint density at radius 3 is 2.87 bits per heavy atom. The fourth-order valence-electron chi connectivity index (χ4n) is 3.13. The van der Waals surface area contributed by atoms with Gasteiger partial charge in [0.05, 0.1) is 17.9 Å². The first-order valence-corrected chi connectivity index (χ1v) is 9.56. The summed E-state index contributed by atoms with van der Waals surface area (Å²) in [5.41, 5.74) is 2.29. The van der Waals surface area contributed by atoms with Gasteiger partial charge in [-0.2, -0.15) is 0 Å². The van der Waals surface area contributed by atoms with Gasteiger partial charge in [-0.05, 0) is 31.0 Å². The molecule has 0 N–H and O–H groups in total. The third-order valence-electron chi connectivity index (χ3n) is 4.22. The molecule has 0 aliphatic carbocycles. The molecule has 2 heterocycles. The fourth-order valence-corrected chi connectivity index (χ4v) is 4.86. The van der Waals surface area contributed by atoms with Crippen LogP contribution in [-0.2, 0) is 21.1 Å². The predicted molar refractivity (Wildman–Crippen MR) is 86.9 cm³/mol. The monoisotopic (exact) mass is 336 g/mol. The molecule has 0 spiro atoms. The van der Waals surface area contributed by atoms with Gasteiger partial charge in [0.2, 0.25) is 5.91 Å². The Kier molecular flexibility index (Phi) is 4.14. The molecule has 1 fully saturated rings. The summed E-state index contributed by atoms with van der Waals surface area (Å²) in [7, 11) is -3.00. The number of carbonyl (C=O) groups excluding carboxylic acids is 1. The number of hydrogen-bond acceptors (Lipinski definition) is 5. The number of benzene rings is 1. The minimum absolute atomic E-state index is 0.0471. The Morgan fingerprint density at radius 1 is 1.43 bits per heavy atom. The first-order valence-electron chi connectivity index (χ1n) is 7.74. The highest BCUT2D eigenvalue weighted by molar-refractivity contribution is 7.91. The molecule has 0 bridgehead atoms. The molecule has 1 saturated heterocycles. The average Bonchev–Trinajstić information content (AvgIpc) is 3.00. The van der Waals surface area contributed by atoms with Gasteiger partial charge in [-0.3, -0.25) is 4.79 Å². The Hall–Kier alpha value is -1.89. The van der Waals surface area contributed by atoms with E-state index >= 15 is 0 Å². The molecular formula is C16H20N2O4S. The van der Waals surface area contributed by atoms with Crippen molar-refractivity contribution in [1.82, 2.24) is 9.88 Å². The number of aryl methyl sites for hydroxylation is 1. The van der Waals surface area contributed by atoms with Gasteiger partial charge < -0.3 is 9.32 Å². The van der Waals surface area contributed by atoms with Crippen LogP contribution in [0, 0.1) is 6.92 Å². The van der Waals surface area contributed by atoms with Crippen molar-refractivity contribution in [2.75, 3.05) is 18.1 Å². The number of amides is 1. The van der Waals surface area contributed by atoms with E-state index in [1.807, 2.05) is 25.1 Å². The molecule has 1 amide bonds. The van der Waals surface area contributed by atoms with Crippen LogP contribution >= 0.6 is 0 Å². The lowest BCUT2D eigenvalue weighted by Crippen LogP contribution is -2.41. The van der Waals surface area contributed by atoms with Crippen LogP contribution in [0.1, 0.15) is 24.8 Å². The minimum Gasteiger partial charge on any atom is -0.441 e. The second kappa shape index (κ2) is 5.96. The second-order valence-corrected chi connectivity index (χ2v) is 8.18. The summed E-state index contributed by atoms with van der Waals surface area (Å²) >= 11 is 0. The number of fused-ring (bicyclic) bond motifs is 1. The van der Waals surface area contributed by atoms with E-state index in [1.165, 1.54) is 0 Å². The molecule has 1 aromatic heterocycles. The maximum Gasteiger partial charge on any atom is 0.227 e. The zero-order chi connectivity index (χ0) is 16.6. The van der Waals surface area contributed by atoms with Gasteiger partial charge in [-0.1, -0.05) is 6.07 Å². The van der Waals surface area contributed by atoms with Crippen LogP contribution < -0.4 is 0 Å². The first kappa shape index (κ1) is 16.0. The van der Waals surface area contributed by atoms with Crippen molar-refractivity contribution >= 4 is 26.8 Å². The number of hydrogen-bond donors (Lipinski definition) is 0. The van der Waals surface area contributed by atoms with Gasteiger partial charge in [0.1, 0.15) is 5.52 Å². The number of nitrogens with zero attached hydrogens (tertiary/aromatic N) is 2. The van der Waals surface area contributed by atoms with E-state index < -0.39 is 9.84 Å². The number of likely N-dealkylation sites (N-methyl/N-ethyl adjacent to an activating group) is 1. The van der Waals surface area contributed by atoms with E-state index in [1.54, 1.807) is 11.8 Å². The maximum atomic E-state index is 12.6. The third kappa shape index (κ3) is 3.39. The van der Waals surface area contributed by atoms with Crippen molar-refractivity contribution in [3.05, 3.63) is 29.7 Å². The molecule has 1 aliphatic heterocycles. The van der Waals surface area contributed by atoms with Gasteiger partial charge in [0.25, 0.3) is 0 Å². The molecule has 0 radical (unpaired) electrons. The normalized spacial score (nSPS) is 20.0. The Bertz CT molecular complexity index is 841. The van der Waals surface area contributed by atoms with E-state index in [0.717, 1.165) is 11.1 Å². The quantitative estimate of drug-likeness (QED) is 0.849. The van der Waals surface area contributed by atoms with Crippen molar-refractivity contribution in [2.24, 2.45) is 0 Å². The fraction of sp³-hybridized carbons (Fsp3) is 0.500. The molecule has 0 saturated carbocycles. The molecule has 1 aliphatic rings. The van der Waals surface area contributed by atoms with Gasteiger partial charge in [0, 0.05) is 19.5 Å². The predicted octanol–water partition coefficient (Wildman–Crippen LogP) is 1.71. The van der Waals surface area contributed by atoms with Crippen molar-refractivity contribution < 1.29 is 17.6 Å². The van der Waals surface area contributed by atoms with E-state index in [4.69, 9.17) is 4.42 Å². The lowest BCUT2D eigenvalue weighted by molar-refractivity contribution is -0.132. The van der Waals surface area contributed by atoms with E-state index in [2.05, 4.69) is 4.98 Å². The Morgan fingerprint density at radius 2 is 2.22 bits per heavy atom.